The summed E-state index contributed by atoms with van der Waals surface area (Å²) in [5.74, 6) is 1.11. The van der Waals surface area contributed by atoms with E-state index in [1.807, 2.05) is 17.1 Å². The second-order valence-electron chi connectivity index (χ2n) is 3.90. The van der Waals surface area contributed by atoms with Crippen molar-refractivity contribution in [3.63, 3.8) is 0 Å². The van der Waals surface area contributed by atoms with Crippen molar-refractivity contribution in [1.29, 1.82) is 0 Å². The average molecular weight is 206 g/mol. The monoisotopic (exact) mass is 206 g/mol. The van der Waals surface area contributed by atoms with Gasteiger partial charge in [-0.2, -0.15) is 5.10 Å². The molecule has 0 spiro atoms. The van der Waals surface area contributed by atoms with Crippen LogP contribution in [0.25, 0.3) is 0 Å². The third kappa shape index (κ3) is 2.81. The molecule has 0 radical (unpaired) electrons. The summed E-state index contributed by atoms with van der Waals surface area (Å²) in [4.78, 5) is 4.45. The molecule has 2 heterocycles. The summed E-state index contributed by atoms with van der Waals surface area (Å²) < 4.78 is 1.96. The van der Waals surface area contributed by atoms with Gasteiger partial charge in [-0.1, -0.05) is 6.92 Å². The number of nitrogens with zero attached hydrogens (tertiary/aromatic N) is 3. The van der Waals surface area contributed by atoms with Crippen LogP contribution in [0.3, 0.4) is 0 Å². The molecule has 0 saturated carbocycles. The Kier molecular flexibility index (Phi) is 3.37. The Hall–Kier alpha value is -1.32. The molecule has 1 aliphatic heterocycles. The molecule has 0 bridgehead atoms. The molecule has 0 aromatic carbocycles. The molecule has 82 valence electrons. The van der Waals surface area contributed by atoms with Crippen LogP contribution in [0.1, 0.15) is 32.6 Å². The van der Waals surface area contributed by atoms with E-state index in [-0.39, 0.29) is 0 Å². The fourth-order valence-corrected chi connectivity index (χ4v) is 1.75. The molecular weight excluding hydrogens is 188 g/mol. The molecule has 0 amide bonds. The number of aliphatic imine (C=N–C) groups is 1. The first-order valence-corrected chi connectivity index (χ1v) is 5.71. The number of amidine groups is 1. The first kappa shape index (κ1) is 10.2. The second kappa shape index (κ2) is 4.96. The summed E-state index contributed by atoms with van der Waals surface area (Å²) in [6.07, 6.45) is 8.56. The molecule has 1 N–H and O–H groups in total. The maximum atomic E-state index is 4.45. The summed E-state index contributed by atoms with van der Waals surface area (Å²) in [6.45, 7) is 4.10. The third-order valence-corrected chi connectivity index (χ3v) is 2.50. The van der Waals surface area contributed by atoms with Crippen LogP contribution < -0.4 is 5.32 Å². The van der Waals surface area contributed by atoms with Crippen LogP contribution >= 0.6 is 0 Å². The van der Waals surface area contributed by atoms with Gasteiger partial charge in [0.1, 0.15) is 5.84 Å². The Morgan fingerprint density at radius 1 is 1.47 bits per heavy atom. The van der Waals surface area contributed by atoms with Gasteiger partial charge >= 0.3 is 0 Å². The smallest absolute Gasteiger partial charge is 0.101 e. The van der Waals surface area contributed by atoms with Gasteiger partial charge in [0.2, 0.25) is 0 Å². The number of nitrogens with one attached hydrogen (secondary N) is 1. The van der Waals surface area contributed by atoms with E-state index in [0.717, 1.165) is 37.5 Å². The Morgan fingerprint density at radius 2 is 2.40 bits per heavy atom. The van der Waals surface area contributed by atoms with Crippen molar-refractivity contribution in [2.75, 3.05) is 11.9 Å². The Labute approximate surface area is 90.4 Å². The molecular formula is C11H18N4. The van der Waals surface area contributed by atoms with Crippen LogP contribution in [0, 0.1) is 0 Å². The third-order valence-electron chi connectivity index (χ3n) is 2.50. The van der Waals surface area contributed by atoms with Gasteiger partial charge in [-0.25, -0.2) is 0 Å². The van der Waals surface area contributed by atoms with Crippen molar-refractivity contribution < 1.29 is 0 Å². The normalized spacial score (nSPS) is 16.2. The second-order valence-corrected chi connectivity index (χ2v) is 3.90. The number of aromatic nitrogens is 2. The van der Waals surface area contributed by atoms with Crippen molar-refractivity contribution in [2.24, 2.45) is 4.99 Å². The molecule has 1 aliphatic rings. The minimum Gasteiger partial charge on any atom is -0.342 e. The van der Waals surface area contributed by atoms with E-state index < -0.39 is 0 Å². The first-order chi connectivity index (χ1) is 7.38. The van der Waals surface area contributed by atoms with Gasteiger partial charge < -0.3 is 5.32 Å². The van der Waals surface area contributed by atoms with Crippen LogP contribution in [0.15, 0.2) is 17.4 Å². The standard InChI is InChI=1S/C11H18N4/c1-2-7-15-9-10(8-13-15)14-11-5-3-4-6-12-11/h8-9H,2-7H2,1H3,(H,12,14). The van der Waals surface area contributed by atoms with Crippen molar-refractivity contribution in [3.8, 4) is 0 Å². The number of rotatable bonds is 3. The quantitative estimate of drug-likeness (QED) is 0.824. The highest BCUT2D eigenvalue weighted by molar-refractivity contribution is 5.95. The molecule has 1 aromatic rings. The van der Waals surface area contributed by atoms with E-state index in [0.29, 0.717) is 0 Å². The summed E-state index contributed by atoms with van der Waals surface area (Å²) >= 11 is 0. The van der Waals surface area contributed by atoms with E-state index in [9.17, 15) is 0 Å². The summed E-state index contributed by atoms with van der Waals surface area (Å²) in [5, 5.41) is 7.60. The molecule has 0 fully saturated rings. The Balaban J connectivity index is 1.94. The number of anilines is 1. The fraction of sp³-hybridized carbons (Fsp3) is 0.636. The zero-order chi connectivity index (χ0) is 10.5. The van der Waals surface area contributed by atoms with Crippen LogP contribution in [-0.4, -0.2) is 22.2 Å². The minimum atomic E-state index is 0.964. The van der Waals surface area contributed by atoms with Gasteiger partial charge in [0.15, 0.2) is 0 Å². The van der Waals surface area contributed by atoms with E-state index in [1.165, 1.54) is 12.8 Å². The lowest BCUT2D eigenvalue weighted by Crippen LogP contribution is -2.15. The highest BCUT2D eigenvalue weighted by Crippen LogP contribution is 2.11. The van der Waals surface area contributed by atoms with Crippen molar-refractivity contribution in [3.05, 3.63) is 12.4 Å². The van der Waals surface area contributed by atoms with Gasteiger partial charge in [-0.05, 0) is 19.3 Å². The molecule has 4 heteroatoms. The number of hydrogen-bond acceptors (Lipinski definition) is 3. The van der Waals surface area contributed by atoms with Crippen LogP contribution in [0.2, 0.25) is 0 Å². The maximum Gasteiger partial charge on any atom is 0.101 e. The average Bonchev–Trinajstić information content (AvgIpc) is 2.68. The molecule has 1 aromatic heterocycles. The molecule has 0 saturated heterocycles. The number of aryl methyl sites for hydroxylation is 1. The van der Waals surface area contributed by atoms with E-state index in [4.69, 9.17) is 0 Å². The number of hydrogen-bond donors (Lipinski definition) is 1. The predicted molar refractivity (Wildman–Crippen MR) is 62.3 cm³/mol. The lowest BCUT2D eigenvalue weighted by atomic mass is 10.2. The van der Waals surface area contributed by atoms with E-state index >= 15 is 0 Å². The van der Waals surface area contributed by atoms with Gasteiger partial charge in [0, 0.05) is 25.7 Å². The van der Waals surface area contributed by atoms with Crippen molar-refractivity contribution in [2.45, 2.75) is 39.2 Å². The SMILES string of the molecule is CCCn1cc(NC2=NCCCC2)cn1. The molecule has 0 unspecified atom stereocenters. The highest BCUT2D eigenvalue weighted by Gasteiger charge is 2.06. The lowest BCUT2D eigenvalue weighted by Gasteiger charge is -2.12. The van der Waals surface area contributed by atoms with Gasteiger partial charge in [-0.15, -0.1) is 0 Å². The fourth-order valence-electron chi connectivity index (χ4n) is 1.75. The van der Waals surface area contributed by atoms with Crippen LogP contribution in [-0.2, 0) is 6.54 Å². The van der Waals surface area contributed by atoms with E-state index in [1.54, 1.807) is 0 Å². The zero-order valence-corrected chi connectivity index (χ0v) is 9.24. The zero-order valence-electron chi connectivity index (χ0n) is 9.24. The largest absolute Gasteiger partial charge is 0.342 e. The van der Waals surface area contributed by atoms with Gasteiger partial charge in [0.05, 0.1) is 11.9 Å². The van der Waals surface area contributed by atoms with Gasteiger partial charge in [-0.3, -0.25) is 9.67 Å². The van der Waals surface area contributed by atoms with Gasteiger partial charge in [0.25, 0.3) is 0 Å². The summed E-state index contributed by atoms with van der Waals surface area (Å²) in [6, 6.07) is 0. The van der Waals surface area contributed by atoms with E-state index in [2.05, 4.69) is 22.3 Å². The molecule has 2 rings (SSSR count). The van der Waals surface area contributed by atoms with Crippen molar-refractivity contribution >= 4 is 11.5 Å². The van der Waals surface area contributed by atoms with Crippen molar-refractivity contribution in [1.82, 2.24) is 9.78 Å². The topological polar surface area (TPSA) is 42.2 Å². The predicted octanol–water partition coefficient (Wildman–Crippen LogP) is 2.29. The Bertz CT molecular complexity index is 340. The minimum absolute atomic E-state index is 0.964. The molecule has 0 aliphatic carbocycles. The molecule has 15 heavy (non-hydrogen) atoms. The summed E-state index contributed by atoms with van der Waals surface area (Å²) in [5.41, 5.74) is 1.06. The first-order valence-electron chi connectivity index (χ1n) is 5.71. The molecule has 0 atom stereocenters. The highest BCUT2D eigenvalue weighted by atomic mass is 15.3. The molecule has 4 nitrogen and oxygen atoms in total. The Morgan fingerprint density at radius 3 is 3.13 bits per heavy atom. The summed E-state index contributed by atoms with van der Waals surface area (Å²) in [7, 11) is 0. The maximum absolute atomic E-state index is 4.45. The van der Waals surface area contributed by atoms with Crippen LogP contribution in [0.4, 0.5) is 5.69 Å². The lowest BCUT2D eigenvalue weighted by molar-refractivity contribution is 0.603. The van der Waals surface area contributed by atoms with Crippen LogP contribution in [0.5, 0.6) is 0 Å².